The quantitative estimate of drug-likeness (QED) is 0.572. The van der Waals surface area contributed by atoms with Gasteiger partial charge >= 0.3 is 5.97 Å². The second kappa shape index (κ2) is 7.18. The Kier molecular flexibility index (Phi) is 5.00. The molecule has 0 amide bonds. The third-order valence-electron chi connectivity index (χ3n) is 4.60. The SMILES string of the molecule is CC[C@H](CC(=O)OCC1c2ccccc2-c2ccccc21)C(=O)Cl. The van der Waals surface area contributed by atoms with Crippen LogP contribution in [0.1, 0.15) is 36.8 Å². The minimum atomic E-state index is -0.481. The minimum Gasteiger partial charge on any atom is -0.465 e. The van der Waals surface area contributed by atoms with Crippen molar-refractivity contribution in [3.05, 3.63) is 59.7 Å². The molecule has 2 aromatic rings. The number of fused-ring (bicyclic) bond motifs is 3. The lowest BCUT2D eigenvalue weighted by Gasteiger charge is -2.15. The fourth-order valence-corrected chi connectivity index (χ4v) is 3.49. The Balaban J connectivity index is 1.74. The van der Waals surface area contributed by atoms with Crippen molar-refractivity contribution in [3.8, 4) is 11.1 Å². The number of esters is 1. The van der Waals surface area contributed by atoms with Crippen LogP contribution in [-0.2, 0) is 14.3 Å². The minimum absolute atomic E-state index is 0.0353. The number of hydrogen-bond acceptors (Lipinski definition) is 3. The van der Waals surface area contributed by atoms with Crippen LogP contribution in [0.25, 0.3) is 11.1 Å². The largest absolute Gasteiger partial charge is 0.465 e. The van der Waals surface area contributed by atoms with E-state index in [0.717, 1.165) is 0 Å². The van der Waals surface area contributed by atoms with Crippen LogP contribution < -0.4 is 0 Å². The fraction of sp³-hybridized carbons (Fsp3) is 0.300. The van der Waals surface area contributed by atoms with E-state index in [2.05, 4.69) is 24.3 Å². The monoisotopic (exact) mass is 342 g/mol. The molecule has 1 atom stereocenters. The van der Waals surface area contributed by atoms with E-state index in [4.69, 9.17) is 16.3 Å². The third-order valence-corrected chi connectivity index (χ3v) is 4.91. The molecule has 4 heteroatoms. The van der Waals surface area contributed by atoms with E-state index >= 15 is 0 Å². The van der Waals surface area contributed by atoms with E-state index in [0.29, 0.717) is 6.42 Å². The lowest BCUT2D eigenvalue weighted by atomic mass is 9.98. The summed E-state index contributed by atoms with van der Waals surface area (Å²) < 4.78 is 5.47. The van der Waals surface area contributed by atoms with E-state index in [1.807, 2.05) is 31.2 Å². The highest BCUT2D eigenvalue weighted by Gasteiger charge is 2.29. The molecule has 0 radical (unpaired) electrons. The lowest BCUT2D eigenvalue weighted by molar-refractivity contribution is -0.146. The normalized spacial score (nSPS) is 13.9. The van der Waals surface area contributed by atoms with Gasteiger partial charge in [0.2, 0.25) is 5.24 Å². The van der Waals surface area contributed by atoms with Crippen molar-refractivity contribution in [2.75, 3.05) is 6.61 Å². The van der Waals surface area contributed by atoms with Crippen molar-refractivity contribution in [1.82, 2.24) is 0 Å². The Hall–Kier alpha value is -2.13. The molecule has 3 rings (SSSR count). The molecule has 0 fully saturated rings. The summed E-state index contributed by atoms with van der Waals surface area (Å²) in [5.41, 5.74) is 4.73. The molecule has 1 aliphatic carbocycles. The molecular weight excluding hydrogens is 324 g/mol. The second-order valence-electron chi connectivity index (χ2n) is 6.02. The van der Waals surface area contributed by atoms with Crippen LogP contribution in [0.5, 0.6) is 0 Å². The first-order valence-electron chi connectivity index (χ1n) is 8.15. The van der Waals surface area contributed by atoms with Gasteiger partial charge in [-0.2, -0.15) is 0 Å². The zero-order valence-corrected chi connectivity index (χ0v) is 14.3. The summed E-state index contributed by atoms with van der Waals surface area (Å²) in [4.78, 5) is 23.3. The molecule has 3 nitrogen and oxygen atoms in total. The van der Waals surface area contributed by atoms with Gasteiger partial charge in [0.05, 0.1) is 6.42 Å². The topological polar surface area (TPSA) is 43.4 Å². The van der Waals surface area contributed by atoms with Gasteiger partial charge in [-0.15, -0.1) is 0 Å². The molecule has 124 valence electrons. The molecule has 0 saturated heterocycles. The van der Waals surface area contributed by atoms with Crippen LogP contribution >= 0.6 is 11.6 Å². The number of hydrogen-bond donors (Lipinski definition) is 0. The van der Waals surface area contributed by atoms with E-state index < -0.39 is 11.2 Å². The van der Waals surface area contributed by atoms with Crippen molar-refractivity contribution in [2.24, 2.45) is 5.92 Å². The van der Waals surface area contributed by atoms with Crippen LogP contribution in [0.3, 0.4) is 0 Å². The van der Waals surface area contributed by atoms with E-state index in [9.17, 15) is 9.59 Å². The molecule has 0 bridgehead atoms. The summed E-state index contributed by atoms with van der Waals surface area (Å²) >= 11 is 5.50. The number of carbonyl (C=O) groups excluding carboxylic acids is 2. The highest BCUT2D eigenvalue weighted by Crippen LogP contribution is 2.44. The molecule has 0 heterocycles. The average molecular weight is 343 g/mol. The molecule has 24 heavy (non-hydrogen) atoms. The summed E-state index contributed by atoms with van der Waals surface area (Å²) in [5, 5.41) is -0.481. The predicted molar refractivity (Wildman–Crippen MR) is 93.9 cm³/mol. The first-order valence-corrected chi connectivity index (χ1v) is 8.52. The van der Waals surface area contributed by atoms with Gasteiger partial charge < -0.3 is 4.74 Å². The first-order chi connectivity index (χ1) is 11.6. The zero-order chi connectivity index (χ0) is 17.1. The van der Waals surface area contributed by atoms with Crippen molar-refractivity contribution >= 4 is 22.8 Å². The highest BCUT2D eigenvalue weighted by molar-refractivity contribution is 6.64. The van der Waals surface area contributed by atoms with Gasteiger partial charge in [0.15, 0.2) is 0 Å². The van der Waals surface area contributed by atoms with E-state index in [-0.39, 0.29) is 24.9 Å². The Morgan fingerprint density at radius 1 is 1.04 bits per heavy atom. The molecule has 1 aliphatic rings. The van der Waals surface area contributed by atoms with Gasteiger partial charge in [-0.3, -0.25) is 9.59 Å². The van der Waals surface area contributed by atoms with E-state index in [1.165, 1.54) is 22.3 Å². The standard InChI is InChI=1S/C20H19ClO3/c1-2-13(20(21)23)11-19(22)24-12-18-16-9-5-3-7-14(16)15-8-4-6-10-17(15)18/h3-10,13,18H,2,11-12H2,1H3/t13-/m1/s1. The van der Waals surface area contributed by atoms with Crippen LogP contribution in [0.2, 0.25) is 0 Å². The predicted octanol–water partition coefficient (Wildman–Crippen LogP) is 4.52. The maximum atomic E-state index is 12.1. The summed E-state index contributed by atoms with van der Waals surface area (Å²) in [6.07, 6.45) is 0.571. The molecule has 0 spiro atoms. The van der Waals surface area contributed by atoms with Crippen LogP contribution in [0.15, 0.2) is 48.5 Å². The van der Waals surface area contributed by atoms with Crippen molar-refractivity contribution < 1.29 is 14.3 Å². The molecule has 0 unspecified atom stereocenters. The number of halogens is 1. The van der Waals surface area contributed by atoms with Gasteiger partial charge in [-0.25, -0.2) is 0 Å². The van der Waals surface area contributed by atoms with Gasteiger partial charge in [0, 0.05) is 11.8 Å². The lowest BCUT2D eigenvalue weighted by Crippen LogP contribution is -2.18. The smallest absolute Gasteiger partial charge is 0.306 e. The van der Waals surface area contributed by atoms with Crippen molar-refractivity contribution in [1.29, 1.82) is 0 Å². The first kappa shape index (κ1) is 16.7. The molecule has 0 aromatic heterocycles. The summed E-state index contributed by atoms with van der Waals surface area (Å²) in [6.45, 7) is 2.11. The molecule has 0 saturated carbocycles. The third kappa shape index (κ3) is 3.22. The number of rotatable bonds is 6. The molecule has 2 aromatic carbocycles. The van der Waals surface area contributed by atoms with E-state index in [1.54, 1.807) is 0 Å². The number of benzene rings is 2. The zero-order valence-electron chi connectivity index (χ0n) is 13.5. The van der Waals surface area contributed by atoms with Gasteiger partial charge in [-0.1, -0.05) is 55.5 Å². The summed E-state index contributed by atoms with van der Waals surface area (Å²) in [6, 6.07) is 16.4. The Morgan fingerprint density at radius 2 is 1.58 bits per heavy atom. The Bertz CT molecular complexity index is 723. The van der Waals surface area contributed by atoms with Crippen LogP contribution in [0.4, 0.5) is 0 Å². The van der Waals surface area contributed by atoms with Crippen LogP contribution in [0, 0.1) is 5.92 Å². The Labute approximate surface area is 146 Å². The summed E-state index contributed by atoms with van der Waals surface area (Å²) in [5.74, 6) is -0.812. The summed E-state index contributed by atoms with van der Waals surface area (Å²) in [7, 11) is 0. The molecular formula is C20H19ClO3. The highest BCUT2D eigenvalue weighted by atomic mass is 35.5. The second-order valence-corrected chi connectivity index (χ2v) is 6.40. The molecule has 0 N–H and O–H groups in total. The molecule has 0 aliphatic heterocycles. The maximum Gasteiger partial charge on any atom is 0.306 e. The van der Waals surface area contributed by atoms with Crippen LogP contribution in [-0.4, -0.2) is 17.8 Å². The maximum absolute atomic E-state index is 12.1. The van der Waals surface area contributed by atoms with Gasteiger partial charge in [0.1, 0.15) is 6.61 Å². The van der Waals surface area contributed by atoms with Gasteiger partial charge in [0.25, 0.3) is 0 Å². The Morgan fingerprint density at radius 3 is 2.08 bits per heavy atom. The van der Waals surface area contributed by atoms with Crippen molar-refractivity contribution in [2.45, 2.75) is 25.7 Å². The number of ether oxygens (including phenoxy) is 1. The number of carbonyl (C=O) groups is 2. The average Bonchev–Trinajstić information content (AvgIpc) is 2.91. The van der Waals surface area contributed by atoms with Crippen molar-refractivity contribution in [3.63, 3.8) is 0 Å². The fourth-order valence-electron chi connectivity index (χ4n) is 3.26. The van der Waals surface area contributed by atoms with Gasteiger partial charge in [-0.05, 0) is 40.3 Å².